The van der Waals surface area contributed by atoms with Crippen LogP contribution in [0.25, 0.3) is 0 Å². The van der Waals surface area contributed by atoms with Crippen LogP contribution < -0.4 is 10.3 Å². The van der Waals surface area contributed by atoms with Crippen LogP contribution in [-0.4, -0.2) is 16.8 Å². The molecule has 1 aromatic heterocycles. The molecule has 2 aromatic rings. The fourth-order valence-electron chi connectivity index (χ4n) is 3.10. The predicted molar refractivity (Wildman–Crippen MR) is 84.3 cm³/mol. The second-order valence-corrected chi connectivity index (χ2v) is 6.10. The molecule has 3 rings (SSSR count). The van der Waals surface area contributed by atoms with Crippen molar-refractivity contribution in [3.8, 4) is 11.8 Å². The molecule has 2 heterocycles. The van der Waals surface area contributed by atoms with Crippen molar-refractivity contribution in [2.24, 2.45) is 5.92 Å². The molecule has 0 N–H and O–H groups in total. The Morgan fingerprint density at radius 3 is 2.72 bits per heavy atom. The number of benzene rings is 1. The van der Waals surface area contributed by atoms with E-state index in [1.165, 1.54) is 12.3 Å². The molecule has 0 bridgehead atoms. The van der Waals surface area contributed by atoms with Gasteiger partial charge >= 0.3 is 6.18 Å². The summed E-state index contributed by atoms with van der Waals surface area (Å²) >= 11 is 0. The Labute approximate surface area is 142 Å². The first-order valence-corrected chi connectivity index (χ1v) is 7.72. The van der Waals surface area contributed by atoms with Gasteiger partial charge in [-0.1, -0.05) is 18.2 Å². The molecule has 0 radical (unpaired) electrons. The molecule has 0 unspecified atom stereocenters. The van der Waals surface area contributed by atoms with Crippen LogP contribution in [0.4, 0.5) is 13.2 Å². The monoisotopic (exact) mass is 348 g/mol. The highest BCUT2D eigenvalue weighted by Crippen LogP contribution is 2.38. The van der Waals surface area contributed by atoms with Gasteiger partial charge in [-0.3, -0.25) is 4.79 Å². The molecule has 130 valence electrons. The molecule has 0 saturated heterocycles. The van der Waals surface area contributed by atoms with Crippen LogP contribution in [0.15, 0.2) is 41.3 Å². The summed E-state index contributed by atoms with van der Waals surface area (Å²) in [4.78, 5) is 12.3. The lowest BCUT2D eigenvalue weighted by Gasteiger charge is -2.35. The van der Waals surface area contributed by atoms with Crippen molar-refractivity contribution in [1.29, 1.82) is 5.26 Å². The average molecular weight is 348 g/mol. The van der Waals surface area contributed by atoms with Crippen LogP contribution >= 0.6 is 0 Å². The van der Waals surface area contributed by atoms with E-state index in [1.807, 2.05) is 6.07 Å². The van der Waals surface area contributed by atoms with Gasteiger partial charge in [0, 0.05) is 18.7 Å². The number of aromatic nitrogens is 1. The van der Waals surface area contributed by atoms with E-state index in [9.17, 15) is 18.0 Å². The average Bonchev–Trinajstić information content (AvgIpc) is 2.56. The van der Waals surface area contributed by atoms with E-state index in [1.54, 1.807) is 31.2 Å². The molecule has 1 aliphatic rings. The SMILES string of the molecule is Cc1ccn(C[C@@H]2Cc3ccccc3O[C@H]2C(F)(F)F)c(=O)c1C#N. The lowest BCUT2D eigenvalue weighted by atomic mass is 9.90. The summed E-state index contributed by atoms with van der Waals surface area (Å²) in [6, 6.07) is 9.95. The molecule has 0 spiro atoms. The third-order valence-corrected chi connectivity index (χ3v) is 4.38. The van der Waals surface area contributed by atoms with Gasteiger partial charge in [-0.15, -0.1) is 0 Å². The fraction of sp³-hybridized carbons (Fsp3) is 0.333. The first kappa shape index (κ1) is 17.1. The minimum atomic E-state index is -4.55. The zero-order valence-electron chi connectivity index (χ0n) is 13.4. The number of hydrogen-bond acceptors (Lipinski definition) is 3. The van der Waals surface area contributed by atoms with E-state index in [2.05, 4.69) is 0 Å². The number of ether oxygens (including phenoxy) is 1. The standard InChI is InChI=1S/C18H15F3N2O2/c1-11-6-7-23(17(24)14(11)9-22)10-13-8-12-4-2-3-5-15(12)25-16(13)18(19,20)21/h2-7,13,16H,8,10H2,1H3/t13-,16+/m0/s1. The minimum absolute atomic E-state index is 0.0526. The Bertz CT molecular complexity index is 896. The molecule has 0 amide bonds. The van der Waals surface area contributed by atoms with Crippen LogP contribution in [0.3, 0.4) is 0 Å². The van der Waals surface area contributed by atoms with Gasteiger partial charge in [-0.05, 0) is 36.6 Å². The number of fused-ring (bicyclic) bond motifs is 1. The second kappa shape index (κ2) is 6.28. The highest BCUT2D eigenvalue weighted by atomic mass is 19.4. The van der Waals surface area contributed by atoms with Crippen LogP contribution in [0, 0.1) is 24.2 Å². The van der Waals surface area contributed by atoms with E-state index in [-0.39, 0.29) is 24.3 Å². The number of halogens is 3. The van der Waals surface area contributed by atoms with E-state index >= 15 is 0 Å². The third-order valence-electron chi connectivity index (χ3n) is 4.38. The van der Waals surface area contributed by atoms with E-state index in [0.29, 0.717) is 11.1 Å². The Morgan fingerprint density at radius 1 is 1.32 bits per heavy atom. The highest BCUT2D eigenvalue weighted by Gasteiger charge is 2.49. The van der Waals surface area contributed by atoms with E-state index in [4.69, 9.17) is 10.00 Å². The predicted octanol–water partition coefficient (Wildman–Crippen LogP) is 3.21. The van der Waals surface area contributed by atoms with E-state index < -0.39 is 23.8 Å². The summed E-state index contributed by atoms with van der Waals surface area (Å²) in [5, 5.41) is 9.07. The molecule has 2 atom stereocenters. The maximum atomic E-state index is 13.4. The number of para-hydroxylation sites is 1. The van der Waals surface area contributed by atoms with Crippen molar-refractivity contribution in [2.45, 2.75) is 32.2 Å². The van der Waals surface area contributed by atoms with Gasteiger partial charge in [-0.25, -0.2) is 0 Å². The quantitative estimate of drug-likeness (QED) is 0.837. The van der Waals surface area contributed by atoms with Crippen LogP contribution in [0.5, 0.6) is 5.75 Å². The molecule has 0 saturated carbocycles. The smallest absolute Gasteiger partial charge is 0.425 e. The summed E-state index contributed by atoms with van der Waals surface area (Å²) in [5.41, 5.74) is 0.542. The highest BCUT2D eigenvalue weighted by molar-refractivity contribution is 5.36. The van der Waals surface area contributed by atoms with Gasteiger partial charge in [0.1, 0.15) is 17.4 Å². The Kier molecular flexibility index (Phi) is 4.29. The third kappa shape index (κ3) is 3.25. The lowest BCUT2D eigenvalue weighted by Crippen LogP contribution is -2.47. The number of pyridine rings is 1. The number of rotatable bonds is 2. The van der Waals surface area contributed by atoms with Crippen LogP contribution in [0.2, 0.25) is 0 Å². The van der Waals surface area contributed by atoms with Crippen molar-refractivity contribution in [2.75, 3.05) is 0 Å². The molecule has 1 aromatic carbocycles. The minimum Gasteiger partial charge on any atom is -0.480 e. The van der Waals surface area contributed by atoms with Gasteiger partial charge in [-0.2, -0.15) is 18.4 Å². The zero-order valence-corrected chi connectivity index (χ0v) is 13.4. The first-order chi connectivity index (χ1) is 11.8. The summed E-state index contributed by atoms with van der Waals surface area (Å²) < 4.78 is 46.7. The van der Waals surface area contributed by atoms with E-state index in [0.717, 1.165) is 4.57 Å². The maximum absolute atomic E-state index is 13.4. The fourth-order valence-corrected chi connectivity index (χ4v) is 3.10. The Hall–Kier alpha value is -2.75. The molecule has 4 nitrogen and oxygen atoms in total. The second-order valence-electron chi connectivity index (χ2n) is 6.10. The van der Waals surface area contributed by atoms with Crippen molar-refractivity contribution < 1.29 is 17.9 Å². The normalized spacial score (nSPS) is 19.6. The number of aryl methyl sites for hydroxylation is 1. The number of nitriles is 1. The van der Waals surface area contributed by atoms with Gasteiger partial charge in [0.2, 0.25) is 0 Å². The van der Waals surface area contributed by atoms with Crippen molar-refractivity contribution in [3.63, 3.8) is 0 Å². The Balaban J connectivity index is 1.98. The van der Waals surface area contributed by atoms with Crippen molar-refractivity contribution >= 4 is 0 Å². The number of nitrogens with zero attached hydrogens (tertiary/aromatic N) is 2. The van der Waals surface area contributed by atoms with Crippen molar-refractivity contribution in [3.05, 3.63) is 63.6 Å². The summed E-state index contributed by atoms with van der Waals surface area (Å²) in [6.07, 6.45) is -4.99. The summed E-state index contributed by atoms with van der Waals surface area (Å²) in [6.45, 7) is 1.44. The molecule has 7 heteroatoms. The molecule has 1 aliphatic heterocycles. The van der Waals surface area contributed by atoms with Gasteiger partial charge < -0.3 is 9.30 Å². The Morgan fingerprint density at radius 2 is 2.04 bits per heavy atom. The molecule has 0 aliphatic carbocycles. The number of alkyl halides is 3. The maximum Gasteiger partial charge on any atom is 0.425 e. The topological polar surface area (TPSA) is 55.0 Å². The summed E-state index contributed by atoms with van der Waals surface area (Å²) in [7, 11) is 0. The lowest BCUT2D eigenvalue weighted by molar-refractivity contribution is -0.214. The van der Waals surface area contributed by atoms with Crippen LogP contribution in [0.1, 0.15) is 16.7 Å². The molecule has 0 fully saturated rings. The zero-order chi connectivity index (χ0) is 18.2. The van der Waals surface area contributed by atoms with Gasteiger partial charge in [0.05, 0.1) is 0 Å². The van der Waals surface area contributed by atoms with Crippen molar-refractivity contribution in [1.82, 2.24) is 4.57 Å². The van der Waals surface area contributed by atoms with Crippen LogP contribution in [-0.2, 0) is 13.0 Å². The van der Waals surface area contributed by atoms with Gasteiger partial charge in [0.15, 0.2) is 6.10 Å². The largest absolute Gasteiger partial charge is 0.480 e. The molecular formula is C18H15F3N2O2. The first-order valence-electron chi connectivity index (χ1n) is 7.72. The number of hydrogen-bond donors (Lipinski definition) is 0. The molecule has 25 heavy (non-hydrogen) atoms. The molecular weight excluding hydrogens is 333 g/mol. The van der Waals surface area contributed by atoms with Gasteiger partial charge in [0.25, 0.3) is 5.56 Å². The summed E-state index contributed by atoms with van der Waals surface area (Å²) in [5.74, 6) is -0.739.